The monoisotopic (exact) mass is 482 g/mol. The van der Waals surface area contributed by atoms with Crippen molar-refractivity contribution in [1.29, 1.82) is 0 Å². The van der Waals surface area contributed by atoms with E-state index < -0.39 is 0 Å². The molecule has 0 aromatic heterocycles. The number of rotatable bonds is 23. The van der Waals surface area contributed by atoms with Gasteiger partial charge in [0.25, 0.3) is 0 Å². The van der Waals surface area contributed by atoms with Gasteiger partial charge in [-0.15, -0.1) is 0 Å². The molecule has 0 saturated heterocycles. The summed E-state index contributed by atoms with van der Waals surface area (Å²) in [5, 5.41) is 0. The summed E-state index contributed by atoms with van der Waals surface area (Å²) in [5.41, 5.74) is 0. The molecule has 0 saturated carbocycles. The van der Waals surface area contributed by atoms with Gasteiger partial charge in [0.1, 0.15) is 0 Å². The van der Waals surface area contributed by atoms with Crippen LogP contribution in [-0.2, 0) is 19.1 Å². The molecule has 0 aliphatic rings. The van der Waals surface area contributed by atoms with E-state index in [2.05, 4.69) is 35.5 Å². The van der Waals surface area contributed by atoms with E-state index in [-0.39, 0.29) is 11.9 Å². The molecule has 0 aliphatic heterocycles. The Morgan fingerprint density at radius 1 is 0.471 bits per heavy atom. The summed E-state index contributed by atoms with van der Waals surface area (Å²) in [6.07, 6.45) is 31.2. The highest BCUT2D eigenvalue weighted by Crippen LogP contribution is 2.12. The summed E-state index contributed by atoms with van der Waals surface area (Å²) in [7, 11) is 2.91. The van der Waals surface area contributed by atoms with Crippen molar-refractivity contribution < 1.29 is 19.1 Å². The zero-order valence-electron chi connectivity index (χ0n) is 23.3. The number of esters is 2. The molecule has 0 aromatic rings. The smallest absolute Gasteiger partial charge is 0.305 e. The van der Waals surface area contributed by atoms with Gasteiger partial charge in [0.15, 0.2) is 0 Å². The fraction of sp³-hybridized carbons (Fsp3) is 0.867. The maximum atomic E-state index is 10.8. The molecule has 0 spiro atoms. The molecule has 0 fully saturated rings. The van der Waals surface area contributed by atoms with Crippen LogP contribution >= 0.6 is 0 Å². The van der Waals surface area contributed by atoms with Gasteiger partial charge in [0, 0.05) is 12.8 Å². The Morgan fingerprint density at radius 3 is 1.18 bits per heavy atom. The van der Waals surface area contributed by atoms with Crippen LogP contribution in [0, 0.1) is 0 Å². The van der Waals surface area contributed by atoms with Crippen LogP contribution < -0.4 is 0 Å². The first-order valence-electron chi connectivity index (χ1n) is 14.4. The second-order valence-corrected chi connectivity index (χ2v) is 9.36. The molecule has 0 rings (SSSR count). The summed E-state index contributed by atoms with van der Waals surface area (Å²) >= 11 is 0. The number of ether oxygens (including phenoxy) is 2. The van der Waals surface area contributed by atoms with Crippen LogP contribution in [-0.4, -0.2) is 26.2 Å². The Labute approximate surface area is 212 Å². The molecule has 202 valence electrons. The third kappa shape index (κ3) is 32.9. The van der Waals surface area contributed by atoms with Crippen LogP contribution in [0.4, 0.5) is 0 Å². The highest BCUT2D eigenvalue weighted by Gasteiger charge is 1.99. The van der Waals surface area contributed by atoms with Crippen LogP contribution in [0.25, 0.3) is 0 Å². The molecule has 0 bridgehead atoms. The van der Waals surface area contributed by atoms with Gasteiger partial charge in [0.05, 0.1) is 14.2 Å². The number of methoxy groups -OCH3 is 2. The fourth-order valence-electron chi connectivity index (χ4n) is 3.76. The lowest BCUT2D eigenvalue weighted by molar-refractivity contribution is -0.141. The SMILES string of the molecule is CCCC/C=C\CCCCCCCC(=O)OC.CCCCCCCCCCCCCC(=O)OC. The van der Waals surface area contributed by atoms with E-state index >= 15 is 0 Å². The molecule has 0 aromatic carbocycles. The fourth-order valence-corrected chi connectivity index (χ4v) is 3.76. The molecule has 0 atom stereocenters. The third-order valence-corrected chi connectivity index (χ3v) is 6.08. The molecule has 0 amide bonds. The van der Waals surface area contributed by atoms with Crippen molar-refractivity contribution in [2.45, 2.75) is 155 Å². The van der Waals surface area contributed by atoms with Gasteiger partial charge in [-0.1, -0.05) is 122 Å². The van der Waals surface area contributed by atoms with E-state index in [9.17, 15) is 9.59 Å². The van der Waals surface area contributed by atoms with Gasteiger partial charge in [-0.05, 0) is 32.1 Å². The summed E-state index contributed by atoms with van der Waals surface area (Å²) in [6, 6.07) is 0. The minimum Gasteiger partial charge on any atom is -0.469 e. The van der Waals surface area contributed by atoms with Gasteiger partial charge in [-0.25, -0.2) is 0 Å². The number of unbranched alkanes of at least 4 members (excludes halogenated alkanes) is 17. The molecule has 0 unspecified atom stereocenters. The number of hydrogen-bond donors (Lipinski definition) is 0. The number of carbonyl (C=O) groups is 2. The van der Waals surface area contributed by atoms with Crippen molar-refractivity contribution in [3.05, 3.63) is 12.2 Å². The van der Waals surface area contributed by atoms with E-state index in [1.165, 1.54) is 123 Å². The molecule has 4 nitrogen and oxygen atoms in total. The summed E-state index contributed by atoms with van der Waals surface area (Å²) < 4.78 is 9.20. The Bertz CT molecular complexity index is 445. The average Bonchev–Trinajstić information content (AvgIpc) is 2.85. The van der Waals surface area contributed by atoms with E-state index in [1.807, 2.05) is 0 Å². The molecule has 34 heavy (non-hydrogen) atoms. The predicted octanol–water partition coefficient (Wildman–Crippen LogP) is 9.50. The van der Waals surface area contributed by atoms with Gasteiger partial charge in [0.2, 0.25) is 0 Å². The van der Waals surface area contributed by atoms with Gasteiger partial charge < -0.3 is 9.47 Å². The second-order valence-electron chi connectivity index (χ2n) is 9.36. The maximum Gasteiger partial charge on any atom is 0.305 e. The summed E-state index contributed by atoms with van der Waals surface area (Å²) in [5.74, 6) is -0.148. The lowest BCUT2D eigenvalue weighted by Crippen LogP contribution is -1.99. The zero-order chi connectivity index (χ0) is 25.5. The number of allylic oxidation sites excluding steroid dienone is 2. The highest BCUT2D eigenvalue weighted by molar-refractivity contribution is 5.69. The molecule has 4 heteroatoms. The molecule has 0 heterocycles. The Hall–Kier alpha value is -1.32. The Kier molecular flexibility index (Phi) is 32.5. The minimum absolute atomic E-state index is 0.0686. The standard InChI is InChI=1S/C15H30O2.C15H28O2/c2*1-3-4-5-6-7-8-9-10-11-12-13-14-15(16)17-2/h3-14H2,1-2H3;6-7H,3-5,8-14H2,1-2H3/b;7-6-. The van der Waals surface area contributed by atoms with Gasteiger partial charge in [-0.2, -0.15) is 0 Å². The van der Waals surface area contributed by atoms with Crippen molar-refractivity contribution in [2.24, 2.45) is 0 Å². The van der Waals surface area contributed by atoms with Crippen LogP contribution in [0.3, 0.4) is 0 Å². The lowest BCUT2D eigenvalue weighted by Gasteiger charge is -2.02. The molecule has 0 radical (unpaired) electrons. The topological polar surface area (TPSA) is 52.6 Å². The number of carbonyl (C=O) groups excluding carboxylic acids is 2. The van der Waals surface area contributed by atoms with Gasteiger partial charge in [-0.3, -0.25) is 9.59 Å². The lowest BCUT2D eigenvalue weighted by atomic mass is 10.1. The van der Waals surface area contributed by atoms with E-state index in [0.29, 0.717) is 12.8 Å². The third-order valence-electron chi connectivity index (χ3n) is 6.08. The largest absolute Gasteiger partial charge is 0.469 e. The summed E-state index contributed by atoms with van der Waals surface area (Å²) in [6.45, 7) is 4.48. The quantitative estimate of drug-likeness (QED) is 0.0826. The van der Waals surface area contributed by atoms with Crippen LogP contribution in [0.5, 0.6) is 0 Å². The van der Waals surface area contributed by atoms with Crippen molar-refractivity contribution in [3.8, 4) is 0 Å². The maximum absolute atomic E-state index is 10.8. The molecule has 0 aliphatic carbocycles. The number of hydrogen-bond acceptors (Lipinski definition) is 4. The normalized spacial score (nSPS) is 10.7. The highest BCUT2D eigenvalue weighted by atomic mass is 16.5. The zero-order valence-corrected chi connectivity index (χ0v) is 23.3. The van der Waals surface area contributed by atoms with E-state index in [1.54, 1.807) is 0 Å². The predicted molar refractivity (Wildman–Crippen MR) is 146 cm³/mol. The molecule has 0 N–H and O–H groups in total. The van der Waals surface area contributed by atoms with Crippen molar-refractivity contribution in [1.82, 2.24) is 0 Å². The van der Waals surface area contributed by atoms with Crippen LogP contribution in [0.15, 0.2) is 12.2 Å². The van der Waals surface area contributed by atoms with E-state index in [0.717, 1.165) is 19.3 Å². The van der Waals surface area contributed by atoms with Crippen molar-refractivity contribution in [2.75, 3.05) is 14.2 Å². The average molecular weight is 483 g/mol. The summed E-state index contributed by atoms with van der Waals surface area (Å²) in [4.78, 5) is 21.7. The first-order valence-corrected chi connectivity index (χ1v) is 14.4. The van der Waals surface area contributed by atoms with Crippen LogP contribution in [0.1, 0.15) is 155 Å². The first-order chi connectivity index (χ1) is 16.6. The molecular formula is C30H58O4. The molecular weight excluding hydrogens is 424 g/mol. The van der Waals surface area contributed by atoms with Gasteiger partial charge >= 0.3 is 11.9 Å². The van der Waals surface area contributed by atoms with Crippen molar-refractivity contribution in [3.63, 3.8) is 0 Å². The van der Waals surface area contributed by atoms with Crippen LogP contribution in [0.2, 0.25) is 0 Å². The van der Waals surface area contributed by atoms with E-state index in [4.69, 9.17) is 0 Å². The van der Waals surface area contributed by atoms with Crippen molar-refractivity contribution >= 4 is 11.9 Å². The minimum atomic E-state index is -0.0798. The second kappa shape index (κ2) is 31.7. The Balaban J connectivity index is 0. The Morgan fingerprint density at radius 2 is 0.794 bits per heavy atom. The first kappa shape index (κ1) is 34.8.